The SMILES string of the molecule is CC=C(C)C(=O)N=C=O. The molecule has 48 valence electrons. The number of amides is 1. The highest BCUT2D eigenvalue weighted by Crippen LogP contribution is 1.92. The summed E-state index contributed by atoms with van der Waals surface area (Å²) in [4.78, 5) is 22.9. The third kappa shape index (κ3) is 2.57. The summed E-state index contributed by atoms with van der Waals surface area (Å²) in [6, 6.07) is 0. The van der Waals surface area contributed by atoms with Crippen molar-refractivity contribution in [3.63, 3.8) is 0 Å². The second-order valence-corrected chi connectivity index (χ2v) is 1.48. The summed E-state index contributed by atoms with van der Waals surface area (Å²) in [6.07, 6.45) is 2.75. The van der Waals surface area contributed by atoms with E-state index in [9.17, 15) is 9.59 Å². The fourth-order valence-corrected chi connectivity index (χ4v) is 0.253. The van der Waals surface area contributed by atoms with Gasteiger partial charge in [-0.2, -0.15) is 0 Å². The van der Waals surface area contributed by atoms with Crippen LogP contribution in [0.1, 0.15) is 13.8 Å². The Labute approximate surface area is 53.1 Å². The summed E-state index contributed by atoms with van der Waals surface area (Å²) in [5.41, 5.74) is 0.457. The Bertz CT molecular complexity index is 187. The van der Waals surface area contributed by atoms with Crippen LogP contribution in [0.15, 0.2) is 16.6 Å². The first-order valence-electron chi connectivity index (χ1n) is 2.47. The molecule has 0 radical (unpaired) electrons. The lowest BCUT2D eigenvalue weighted by atomic mass is 10.3. The van der Waals surface area contributed by atoms with E-state index in [1.807, 2.05) is 0 Å². The van der Waals surface area contributed by atoms with Gasteiger partial charge in [0, 0.05) is 5.57 Å². The smallest absolute Gasteiger partial charge is 0.266 e. The molecule has 0 N–H and O–H groups in total. The average molecular weight is 125 g/mol. The van der Waals surface area contributed by atoms with Crippen LogP contribution in [-0.2, 0) is 9.59 Å². The number of carbonyl (C=O) groups is 1. The van der Waals surface area contributed by atoms with Gasteiger partial charge in [-0.1, -0.05) is 6.08 Å². The van der Waals surface area contributed by atoms with Crippen LogP contribution < -0.4 is 0 Å². The van der Waals surface area contributed by atoms with Gasteiger partial charge in [0.15, 0.2) is 0 Å². The number of hydrogen-bond donors (Lipinski definition) is 0. The van der Waals surface area contributed by atoms with Crippen molar-refractivity contribution >= 4 is 12.0 Å². The summed E-state index contributed by atoms with van der Waals surface area (Å²) >= 11 is 0. The third-order valence-electron chi connectivity index (χ3n) is 0.918. The zero-order valence-electron chi connectivity index (χ0n) is 5.34. The molecule has 0 aromatic heterocycles. The molecule has 0 bridgehead atoms. The van der Waals surface area contributed by atoms with E-state index in [4.69, 9.17) is 0 Å². The molecule has 0 saturated heterocycles. The summed E-state index contributed by atoms with van der Waals surface area (Å²) < 4.78 is 0. The molecule has 3 nitrogen and oxygen atoms in total. The minimum absolute atomic E-state index is 0.457. The Hall–Kier alpha value is -1.21. The first-order valence-corrected chi connectivity index (χ1v) is 2.47. The number of hydrogen-bond acceptors (Lipinski definition) is 2. The van der Waals surface area contributed by atoms with Gasteiger partial charge in [0.1, 0.15) is 0 Å². The Morgan fingerprint density at radius 1 is 1.67 bits per heavy atom. The molecular formula is C6H7NO2. The number of allylic oxidation sites excluding steroid dienone is 1. The van der Waals surface area contributed by atoms with Gasteiger partial charge in [-0.15, -0.1) is 4.99 Å². The van der Waals surface area contributed by atoms with E-state index in [1.54, 1.807) is 19.9 Å². The van der Waals surface area contributed by atoms with Gasteiger partial charge in [0.2, 0.25) is 6.08 Å². The van der Waals surface area contributed by atoms with E-state index in [1.165, 1.54) is 6.08 Å². The molecule has 0 aliphatic heterocycles. The summed E-state index contributed by atoms with van der Waals surface area (Å²) in [6.45, 7) is 3.29. The molecular weight excluding hydrogens is 118 g/mol. The van der Waals surface area contributed by atoms with E-state index >= 15 is 0 Å². The monoisotopic (exact) mass is 125 g/mol. The maximum absolute atomic E-state index is 10.5. The number of carbonyl (C=O) groups excluding carboxylic acids is 2. The maximum atomic E-state index is 10.5. The highest BCUT2D eigenvalue weighted by Gasteiger charge is 1.97. The van der Waals surface area contributed by atoms with Crippen LogP contribution >= 0.6 is 0 Å². The fraction of sp³-hybridized carbons (Fsp3) is 0.333. The minimum atomic E-state index is -0.521. The van der Waals surface area contributed by atoms with Gasteiger partial charge in [0.25, 0.3) is 5.91 Å². The van der Waals surface area contributed by atoms with Crippen molar-refractivity contribution in [2.75, 3.05) is 0 Å². The maximum Gasteiger partial charge on any atom is 0.283 e. The number of aliphatic imine (C=N–C) groups is 1. The van der Waals surface area contributed by atoms with Gasteiger partial charge < -0.3 is 0 Å². The van der Waals surface area contributed by atoms with Gasteiger partial charge in [-0.05, 0) is 13.8 Å². The molecule has 0 aromatic carbocycles. The Morgan fingerprint density at radius 2 is 2.22 bits per heavy atom. The van der Waals surface area contributed by atoms with E-state index < -0.39 is 5.91 Å². The molecule has 0 atom stereocenters. The standard InChI is InChI=1S/C6H7NO2/c1-3-5(2)6(9)7-4-8/h3H,1-2H3. The molecule has 0 heterocycles. The summed E-state index contributed by atoms with van der Waals surface area (Å²) in [7, 11) is 0. The highest BCUT2D eigenvalue weighted by atomic mass is 16.2. The van der Waals surface area contributed by atoms with Crippen LogP contribution in [0.3, 0.4) is 0 Å². The third-order valence-corrected chi connectivity index (χ3v) is 0.918. The Kier molecular flexibility index (Phi) is 3.25. The average Bonchev–Trinajstić information content (AvgIpc) is 1.87. The van der Waals surface area contributed by atoms with Crippen molar-refractivity contribution in [1.82, 2.24) is 0 Å². The van der Waals surface area contributed by atoms with Crippen LogP contribution in [0.25, 0.3) is 0 Å². The summed E-state index contributed by atoms with van der Waals surface area (Å²) in [5, 5.41) is 0. The van der Waals surface area contributed by atoms with Crippen LogP contribution in [0, 0.1) is 0 Å². The van der Waals surface area contributed by atoms with Crippen molar-refractivity contribution < 1.29 is 9.59 Å². The first-order chi connectivity index (χ1) is 4.22. The van der Waals surface area contributed by atoms with Crippen molar-refractivity contribution in [2.24, 2.45) is 4.99 Å². The Balaban J connectivity index is 4.22. The number of nitrogens with zero attached hydrogens (tertiary/aromatic N) is 1. The van der Waals surface area contributed by atoms with Gasteiger partial charge in [-0.3, -0.25) is 4.79 Å². The predicted octanol–water partition coefficient (Wildman–Crippen LogP) is 0.815. The van der Waals surface area contributed by atoms with E-state index in [-0.39, 0.29) is 0 Å². The molecule has 0 unspecified atom stereocenters. The van der Waals surface area contributed by atoms with Crippen molar-refractivity contribution in [2.45, 2.75) is 13.8 Å². The number of isocyanates is 1. The van der Waals surface area contributed by atoms with E-state index in [0.29, 0.717) is 5.57 Å². The fourth-order valence-electron chi connectivity index (χ4n) is 0.253. The molecule has 0 aromatic rings. The lowest BCUT2D eigenvalue weighted by Crippen LogP contribution is -1.92. The lowest BCUT2D eigenvalue weighted by molar-refractivity contribution is -0.114. The molecule has 0 spiro atoms. The van der Waals surface area contributed by atoms with Crippen molar-refractivity contribution in [1.29, 1.82) is 0 Å². The van der Waals surface area contributed by atoms with Crippen LogP contribution in [0.4, 0.5) is 0 Å². The van der Waals surface area contributed by atoms with Gasteiger partial charge in [-0.25, -0.2) is 4.79 Å². The van der Waals surface area contributed by atoms with E-state index in [2.05, 4.69) is 4.99 Å². The largest absolute Gasteiger partial charge is 0.283 e. The number of rotatable bonds is 1. The lowest BCUT2D eigenvalue weighted by Gasteiger charge is -1.85. The molecule has 1 amide bonds. The molecule has 3 heteroatoms. The van der Waals surface area contributed by atoms with Gasteiger partial charge >= 0.3 is 0 Å². The van der Waals surface area contributed by atoms with E-state index in [0.717, 1.165) is 0 Å². The topological polar surface area (TPSA) is 46.5 Å². The van der Waals surface area contributed by atoms with Crippen molar-refractivity contribution in [3.8, 4) is 0 Å². The molecule has 0 aliphatic rings. The highest BCUT2D eigenvalue weighted by molar-refractivity contribution is 5.95. The Morgan fingerprint density at radius 3 is 2.56 bits per heavy atom. The van der Waals surface area contributed by atoms with Crippen LogP contribution in [-0.4, -0.2) is 12.0 Å². The van der Waals surface area contributed by atoms with Crippen LogP contribution in [0.2, 0.25) is 0 Å². The normalized spacial score (nSPS) is 10.2. The second-order valence-electron chi connectivity index (χ2n) is 1.48. The molecule has 0 aliphatic carbocycles. The zero-order valence-corrected chi connectivity index (χ0v) is 5.34. The minimum Gasteiger partial charge on any atom is -0.266 e. The quantitative estimate of drug-likeness (QED) is 0.296. The van der Waals surface area contributed by atoms with Gasteiger partial charge in [0.05, 0.1) is 0 Å². The predicted molar refractivity (Wildman–Crippen MR) is 32.6 cm³/mol. The molecule has 0 saturated carbocycles. The second kappa shape index (κ2) is 3.75. The summed E-state index contributed by atoms with van der Waals surface area (Å²) in [5.74, 6) is -0.521. The molecule has 9 heavy (non-hydrogen) atoms. The molecule has 0 rings (SSSR count). The molecule has 0 fully saturated rings. The first kappa shape index (κ1) is 7.79. The van der Waals surface area contributed by atoms with Crippen molar-refractivity contribution in [3.05, 3.63) is 11.6 Å². The zero-order chi connectivity index (χ0) is 7.28. The van der Waals surface area contributed by atoms with Crippen LogP contribution in [0.5, 0.6) is 0 Å².